The van der Waals surface area contributed by atoms with Crippen molar-refractivity contribution in [2.24, 2.45) is 5.92 Å². The highest BCUT2D eigenvalue weighted by molar-refractivity contribution is 5.81. The number of aliphatic hydroxyl groups is 1. The van der Waals surface area contributed by atoms with Crippen LogP contribution >= 0.6 is 0 Å². The van der Waals surface area contributed by atoms with Crippen LogP contribution in [-0.2, 0) is 4.79 Å². The van der Waals surface area contributed by atoms with Crippen LogP contribution in [0.25, 0.3) is 0 Å². The summed E-state index contributed by atoms with van der Waals surface area (Å²) in [7, 11) is 0. The number of amides is 1. The smallest absolute Gasteiger partial charge is 0.240 e. The summed E-state index contributed by atoms with van der Waals surface area (Å²) in [6.45, 7) is 5.79. The number of aliphatic hydroxyl groups excluding tert-OH is 1. The Hall–Kier alpha value is -1.08. The zero-order valence-electron chi connectivity index (χ0n) is 9.03. The number of carbonyl (C=O) groups is 1. The van der Waals surface area contributed by atoms with E-state index in [0.717, 1.165) is 0 Å². The van der Waals surface area contributed by atoms with Crippen molar-refractivity contribution >= 4 is 5.91 Å². The van der Waals surface area contributed by atoms with Gasteiger partial charge in [-0.2, -0.15) is 5.26 Å². The van der Waals surface area contributed by atoms with Crippen LogP contribution in [0.3, 0.4) is 0 Å². The van der Waals surface area contributed by atoms with Gasteiger partial charge in [0.15, 0.2) is 0 Å². The highest BCUT2D eigenvalue weighted by Gasteiger charge is 2.23. The van der Waals surface area contributed by atoms with E-state index in [1.807, 2.05) is 26.8 Å². The first-order chi connectivity index (χ1) is 6.58. The fraction of sp³-hybridized carbons (Fsp3) is 0.800. The van der Waals surface area contributed by atoms with E-state index in [-0.39, 0.29) is 18.6 Å². The monoisotopic (exact) mass is 198 g/mol. The fourth-order valence-corrected chi connectivity index (χ4v) is 1.25. The third kappa shape index (κ3) is 3.35. The molecule has 80 valence electrons. The van der Waals surface area contributed by atoms with Crippen LogP contribution in [0.2, 0.25) is 0 Å². The van der Waals surface area contributed by atoms with Crippen LogP contribution in [0.15, 0.2) is 0 Å². The van der Waals surface area contributed by atoms with Gasteiger partial charge in [0, 0.05) is 12.6 Å². The molecule has 0 aromatic heterocycles. The molecule has 4 heteroatoms. The first kappa shape index (κ1) is 12.9. The molecule has 0 rings (SSSR count). The Morgan fingerprint density at radius 1 is 1.57 bits per heavy atom. The van der Waals surface area contributed by atoms with Crippen molar-refractivity contribution in [3.8, 4) is 6.07 Å². The van der Waals surface area contributed by atoms with E-state index in [2.05, 4.69) is 0 Å². The van der Waals surface area contributed by atoms with E-state index in [9.17, 15) is 4.79 Å². The molecule has 0 heterocycles. The van der Waals surface area contributed by atoms with Crippen molar-refractivity contribution in [1.82, 2.24) is 4.90 Å². The van der Waals surface area contributed by atoms with Gasteiger partial charge in [0.1, 0.15) is 5.92 Å². The van der Waals surface area contributed by atoms with Crippen LogP contribution in [0.4, 0.5) is 0 Å². The molecule has 0 aliphatic heterocycles. The molecule has 0 bridgehead atoms. The van der Waals surface area contributed by atoms with Crippen LogP contribution in [0.5, 0.6) is 0 Å². The summed E-state index contributed by atoms with van der Waals surface area (Å²) in [5.74, 6) is -0.761. The molecular formula is C10H18N2O2. The van der Waals surface area contributed by atoms with Crippen LogP contribution in [-0.4, -0.2) is 35.1 Å². The van der Waals surface area contributed by atoms with E-state index in [4.69, 9.17) is 10.4 Å². The summed E-state index contributed by atoms with van der Waals surface area (Å²) in [6, 6.07) is 2.00. The molecule has 1 unspecified atom stereocenters. The predicted octanol–water partition coefficient (Wildman–Crippen LogP) is 0.765. The maximum atomic E-state index is 11.7. The second-order valence-corrected chi connectivity index (χ2v) is 3.44. The lowest BCUT2D eigenvalue weighted by molar-refractivity contribution is -0.136. The standard InChI is InChI=1S/C10H18N2O2/c1-4-9(7-11)10(14)12(5-6-13)8(2)3/h8-9,13H,4-6H2,1-3H3. The van der Waals surface area contributed by atoms with E-state index in [1.165, 1.54) is 4.90 Å². The zero-order valence-corrected chi connectivity index (χ0v) is 9.03. The Labute approximate surface area is 85.1 Å². The van der Waals surface area contributed by atoms with Gasteiger partial charge in [-0.1, -0.05) is 6.92 Å². The second-order valence-electron chi connectivity index (χ2n) is 3.44. The molecule has 0 aliphatic carbocycles. The third-order valence-electron chi connectivity index (χ3n) is 2.11. The molecule has 4 nitrogen and oxygen atoms in total. The van der Waals surface area contributed by atoms with Crippen molar-refractivity contribution in [3.63, 3.8) is 0 Å². The summed E-state index contributed by atoms with van der Waals surface area (Å²) in [6.07, 6.45) is 0.518. The van der Waals surface area contributed by atoms with Crippen molar-refractivity contribution in [1.29, 1.82) is 5.26 Å². The largest absolute Gasteiger partial charge is 0.395 e. The quantitative estimate of drug-likeness (QED) is 0.709. The summed E-state index contributed by atoms with van der Waals surface area (Å²) < 4.78 is 0. The summed E-state index contributed by atoms with van der Waals surface area (Å²) in [5, 5.41) is 17.5. The summed E-state index contributed by atoms with van der Waals surface area (Å²) in [4.78, 5) is 13.3. The minimum absolute atomic E-state index is 0.0250. The Kier molecular flexibility index (Phi) is 5.89. The maximum absolute atomic E-state index is 11.7. The van der Waals surface area contributed by atoms with Gasteiger partial charge < -0.3 is 10.0 Å². The third-order valence-corrected chi connectivity index (χ3v) is 2.11. The Balaban J connectivity index is 4.51. The lowest BCUT2D eigenvalue weighted by atomic mass is 10.1. The van der Waals surface area contributed by atoms with Crippen molar-refractivity contribution in [2.75, 3.05) is 13.2 Å². The van der Waals surface area contributed by atoms with Crippen molar-refractivity contribution in [3.05, 3.63) is 0 Å². The Morgan fingerprint density at radius 2 is 2.14 bits per heavy atom. The molecule has 0 aromatic rings. The minimum Gasteiger partial charge on any atom is -0.395 e. The van der Waals surface area contributed by atoms with Gasteiger partial charge in [-0.15, -0.1) is 0 Å². The topological polar surface area (TPSA) is 64.3 Å². The Morgan fingerprint density at radius 3 is 2.43 bits per heavy atom. The Bertz CT molecular complexity index is 221. The normalized spacial score (nSPS) is 12.3. The molecule has 0 saturated carbocycles. The molecule has 0 radical (unpaired) electrons. The fourth-order valence-electron chi connectivity index (χ4n) is 1.25. The highest BCUT2D eigenvalue weighted by atomic mass is 16.3. The molecule has 0 saturated heterocycles. The van der Waals surface area contributed by atoms with E-state index < -0.39 is 5.92 Å². The van der Waals surface area contributed by atoms with Crippen molar-refractivity contribution < 1.29 is 9.90 Å². The van der Waals surface area contributed by atoms with E-state index in [1.54, 1.807) is 0 Å². The lowest BCUT2D eigenvalue weighted by Crippen LogP contribution is -2.42. The van der Waals surface area contributed by atoms with E-state index >= 15 is 0 Å². The molecule has 0 aromatic carbocycles. The van der Waals surface area contributed by atoms with Crippen LogP contribution in [0, 0.1) is 17.2 Å². The molecule has 0 fully saturated rings. The maximum Gasteiger partial charge on any atom is 0.240 e. The highest BCUT2D eigenvalue weighted by Crippen LogP contribution is 2.09. The SMILES string of the molecule is CCC(C#N)C(=O)N(CCO)C(C)C. The predicted molar refractivity (Wildman–Crippen MR) is 53.3 cm³/mol. The van der Waals surface area contributed by atoms with Crippen LogP contribution < -0.4 is 0 Å². The zero-order chi connectivity index (χ0) is 11.1. The first-order valence-electron chi connectivity index (χ1n) is 4.89. The number of hydrogen-bond donors (Lipinski definition) is 1. The van der Waals surface area contributed by atoms with Crippen LogP contribution in [0.1, 0.15) is 27.2 Å². The first-order valence-corrected chi connectivity index (χ1v) is 4.89. The molecule has 0 spiro atoms. The number of carbonyl (C=O) groups excluding carboxylic acids is 1. The molecular weight excluding hydrogens is 180 g/mol. The van der Waals surface area contributed by atoms with Gasteiger partial charge >= 0.3 is 0 Å². The van der Waals surface area contributed by atoms with E-state index in [0.29, 0.717) is 13.0 Å². The number of nitriles is 1. The van der Waals surface area contributed by atoms with Gasteiger partial charge in [-0.3, -0.25) is 4.79 Å². The van der Waals surface area contributed by atoms with Crippen molar-refractivity contribution in [2.45, 2.75) is 33.2 Å². The second kappa shape index (κ2) is 6.39. The van der Waals surface area contributed by atoms with Gasteiger partial charge in [-0.25, -0.2) is 0 Å². The average Bonchev–Trinajstić information content (AvgIpc) is 2.15. The molecule has 1 amide bonds. The molecule has 1 atom stereocenters. The molecule has 14 heavy (non-hydrogen) atoms. The summed E-state index contributed by atoms with van der Waals surface area (Å²) in [5.41, 5.74) is 0. The van der Waals surface area contributed by atoms with Gasteiger partial charge in [-0.05, 0) is 20.3 Å². The molecule has 0 aliphatic rings. The number of nitrogens with zero attached hydrogens (tertiary/aromatic N) is 2. The molecule has 1 N–H and O–H groups in total. The van der Waals surface area contributed by atoms with Gasteiger partial charge in [0.05, 0.1) is 12.7 Å². The minimum atomic E-state index is -0.580. The number of rotatable bonds is 5. The average molecular weight is 198 g/mol. The summed E-state index contributed by atoms with van der Waals surface area (Å²) >= 11 is 0. The van der Waals surface area contributed by atoms with Gasteiger partial charge in [0.25, 0.3) is 0 Å². The van der Waals surface area contributed by atoms with Gasteiger partial charge in [0.2, 0.25) is 5.91 Å². The number of hydrogen-bond acceptors (Lipinski definition) is 3. The lowest BCUT2D eigenvalue weighted by Gasteiger charge is -2.27.